The van der Waals surface area contributed by atoms with Crippen LogP contribution in [0.25, 0.3) is 10.9 Å². The number of rotatable bonds is 4. The van der Waals surface area contributed by atoms with Crippen LogP contribution < -0.4 is 4.72 Å². The minimum absolute atomic E-state index is 0.114. The van der Waals surface area contributed by atoms with Crippen LogP contribution in [-0.2, 0) is 10.0 Å². The first-order valence-electron chi connectivity index (χ1n) is 6.78. The largest absolute Gasteiger partial charge is 0.478 e. The summed E-state index contributed by atoms with van der Waals surface area (Å²) in [6, 6.07) is 11.6. The SMILES string of the molecule is O=C(O)c1cccc(S(=O)(=O)Nc2ccc(Cl)c3cccnc23)c1. The fourth-order valence-corrected chi connectivity index (χ4v) is 3.55. The standard InChI is InChI=1S/C16H11ClN2O4S/c17-13-6-7-14(15-12(13)5-2-8-18-15)19-24(22,23)11-4-1-3-10(9-11)16(20)21/h1-9,19H,(H,20,21). The van der Waals surface area contributed by atoms with Crippen LogP contribution in [0, 0.1) is 0 Å². The van der Waals surface area contributed by atoms with Gasteiger partial charge in [0.05, 0.1) is 26.7 Å². The average Bonchev–Trinajstić information content (AvgIpc) is 2.58. The number of nitrogens with zero attached hydrogens (tertiary/aromatic N) is 1. The normalized spacial score (nSPS) is 11.4. The van der Waals surface area contributed by atoms with Crippen LogP contribution >= 0.6 is 11.6 Å². The van der Waals surface area contributed by atoms with Gasteiger partial charge in [-0.1, -0.05) is 17.7 Å². The smallest absolute Gasteiger partial charge is 0.335 e. The molecule has 0 aliphatic carbocycles. The van der Waals surface area contributed by atoms with Crippen molar-refractivity contribution < 1.29 is 18.3 Å². The van der Waals surface area contributed by atoms with Gasteiger partial charge in [-0.05, 0) is 42.5 Å². The Morgan fingerprint density at radius 3 is 2.67 bits per heavy atom. The van der Waals surface area contributed by atoms with Crippen LogP contribution in [0.15, 0.2) is 59.6 Å². The van der Waals surface area contributed by atoms with Crippen molar-refractivity contribution in [2.24, 2.45) is 0 Å². The number of fused-ring (bicyclic) bond motifs is 1. The number of carboxylic acid groups (broad SMARTS) is 1. The Morgan fingerprint density at radius 1 is 1.12 bits per heavy atom. The highest BCUT2D eigenvalue weighted by molar-refractivity contribution is 7.92. The lowest BCUT2D eigenvalue weighted by molar-refractivity contribution is 0.0696. The molecule has 1 aromatic heterocycles. The Bertz CT molecular complexity index is 1050. The molecule has 0 radical (unpaired) electrons. The third-order valence-corrected chi connectivity index (χ3v) is 5.04. The summed E-state index contributed by atoms with van der Waals surface area (Å²) >= 11 is 6.09. The van der Waals surface area contributed by atoms with Gasteiger partial charge in [-0.15, -0.1) is 0 Å². The summed E-state index contributed by atoms with van der Waals surface area (Å²) < 4.78 is 27.5. The summed E-state index contributed by atoms with van der Waals surface area (Å²) in [5.41, 5.74) is 0.552. The maximum atomic E-state index is 12.5. The molecular weight excluding hydrogens is 352 g/mol. The molecule has 0 saturated heterocycles. The monoisotopic (exact) mass is 362 g/mol. The van der Waals surface area contributed by atoms with Crippen molar-refractivity contribution in [1.29, 1.82) is 0 Å². The highest BCUT2D eigenvalue weighted by atomic mass is 35.5. The number of anilines is 1. The van der Waals surface area contributed by atoms with E-state index in [1.165, 1.54) is 30.5 Å². The first kappa shape index (κ1) is 16.2. The number of pyridine rings is 1. The van der Waals surface area contributed by atoms with E-state index in [1.807, 2.05) is 0 Å². The van der Waals surface area contributed by atoms with Crippen LogP contribution in [-0.4, -0.2) is 24.5 Å². The van der Waals surface area contributed by atoms with Crippen molar-refractivity contribution in [1.82, 2.24) is 4.98 Å². The number of halogens is 1. The zero-order valence-electron chi connectivity index (χ0n) is 12.1. The molecule has 3 aromatic rings. The third-order valence-electron chi connectivity index (χ3n) is 3.35. The maximum Gasteiger partial charge on any atom is 0.335 e. The molecule has 0 atom stereocenters. The predicted octanol–water partition coefficient (Wildman–Crippen LogP) is 3.39. The Kier molecular flexibility index (Phi) is 4.13. The number of aromatic nitrogens is 1. The van der Waals surface area contributed by atoms with Gasteiger partial charge in [0.1, 0.15) is 0 Å². The second kappa shape index (κ2) is 6.10. The van der Waals surface area contributed by atoms with Gasteiger partial charge in [-0.2, -0.15) is 0 Å². The molecule has 2 N–H and O–H groups in total. The zero-order valence-corrected chi connectivity index (χ0v) is 13.7. The van der Waals surface area contributed by atoms with Gasteiger partial charge in [0.25, 0.3) is 10.0 Å². The van der Waals surface area contributed by atoms with Crippen molar-refractivity contribution in [2.75, 3.05) is 4.72 Å². The Hall–Kier alpha value is -2.64. The lowest BCUT2D eigenvalue weighted by Gasteiger charge is -2.11. The predicted molar refractivity (Wildman–Crippen MR) is 91.0 cm³/mol. The van der Waals surface area contributed by atoms with Gasteiger partial charge in [-0.25, -0.2) is 13.2 Å². The van der Waals surface area contributed by atoms with E-state index in [0.717, 1.165) is 6.07 Å². The van der Waals surface area contributed by atoms with Gasteiger partial charge in [-0.3, -0.25) is 9.71 Å². The van der Waals surface area contributed by atoms with Crippen molar-refractivity contribution in [2.45, 2.75) is 4.90 Å². The molecule has 122 valence electrons. The second-order valence-corrected chi connectivity index (χ2v) is 7.02. The van der Waals surface area contributed by atoms with Crippen molar-refractivity contribution in [3.63, 3.8) is 0 Å². The fourth-order valence-electron chi connectivity index (χ4n) is 2.22. The minimum atomic E-state index is -3.97. The summed E-state index contributed by atoms with van der Waals surface area (Å²) in [6.45, 7) is 0. The number of carbonyl (C=O) groups is 1. The van der Waals surface area contributed by atoms with Crippen molar-refractivity contribution in [3.8, 4) is 0 Å². The average molecular weight is 363 g/mol. The number of nitrogens with one attached hydrogen (secondary N) is 1. The molecule has 8 heteroatoms. The quantitative estimate of drug-likeness (QED) is 0.741. The summed E-state index contributed by atoms with van der Waals surface area (Å²) in [4.78, 5) is 15.0. The van der Waals surface area contributed by atoms with Crippen molar-refractivity contribution in [3.05, 3.63) is 65.3 Å². The summed E-state index contributed by atoms with van der Waals surface area (Å²) in [5, 5.41) is 10.1. The first-order chi connectivity index (χ1) is 11.4. The van der Waals surface area contributed by atoms with Crippen LogP contribution in [0.4, 0.5) is 5.69 Å². The number of carboxylic acids is 1. The van der Waals surface area contributed by atoms with Crippen LogP contribution in [0.3, 0.4) is 0 Å². The van der Waals surface area contributed by atoms with E-state index in [4.69, 9.17) is 16.7 Å². The number of hydrogen-bond acceptors (Lipinski definition) is 4. The summed E-state index contributed by atoms with van der Waals surface area (Å²) in [7, 11) is -3.97. The highest BCUT2D eigenvalue weighted by Crippen LogP contribution is 2.29. The maximum absolute atomic E-state index is 12.5. The van der Waals surface area contributed by atoms with E-state index in [0.29, 0.717) is 15.9 Å². The van der Waals surface area contributed by atoms with Crippen LogP contribution in [0.5, 0.6) is 0 Å². The topological polar surface area (TPSA) is 96.4 Å². The Labute approximate surface area is 142 Å². The molecule has 24 heavy (non-hydrogen) atoms. The van der Waals surface area contributed by atoms with Gasteiger partial charge >= 0.3 is 5.97 Å². The fraction of sp³-hybridized carbons (Fsp3) is 0. The van der Waals surface area contributed by atoms with E-state index in [9.17, 15) is 13.2 Å². The molecule has 0 amide bonds. The van der Waals surface area contributed by atoms with E-state index in [-0.39, 0.29) is 16.1 Å². The highest BCUT2D eigenvalue weighted by Gasteiger charge is 2.18. The molecular formula is C16H11ClN2O4S. The molecule has 3 rings (SSSR count). The lowest BCUT2D eigenvalue weighted by Crippen LogP contribution is -2.14. The van der Waals surface area contributed by atoms with Crippen molar-refractivity contribution >= 4 is 44.2 Å². The van der Waals surface area contributed by atoms with Gasteiger partial charge < -0.3 is 5.11 Å². The number of hydrogen-bond donors (Lipinski definition) is 2. The molecule has 0 fully saturated rings. The summed E-state index contributed by atoms with van der Waals surface area (Å²) in [6.07, 6.45) is 1.53. The zero-order chi connectivity index (χ0) is 17.3. The van der Waals surface area contributed by atoms with Gasteiger partial charge in [0.2, 0.25) is 0 Å². The van der Waals surface area contributed by atoms with Gasteiger partial charge in [0, 0.05) is 11.6 Å². The Balaban J connectivity index is 2.06. The summed E-state index contributed by atoms with van der Waals surface area (Å²) in [5.74, 6) is -1.20. The van der Waals surface area contributed by atoms with E-state index >= 15 is 0 Å². The molecule has 2 aromatic carbocycles. The molecule has 0 unspecified atom stereocenters. The third kappa shape index (κ3) is 3.04. The molecule has 0 spiro atoms. The lowest BCUT2D eigenvalue weighted by atomic mass is 10.2. The first-order valence-corrected chi connectivity index (χ1v) is 8.64. The van der Waals surface area contributed by atoms with E-state index in [2.05, 4.69) is 9.71 Å². The molecule has 6 nitrogen and oxygen atoms in total. The Morgan fingerprint density at radius 2 is 1.92 bits per heavy atom. The minimum Gasteiger partial charge on any atom is -0.478 e. The molecule has 0 aliphatic heterocycles. The number of aromatic carboxylic acids is 1. The van der Waals surface area contributed by atoms with Gasteiger partial charge in [0.15, 0.2) is 0 Å². The number of benzene rings is 2. The molecule has 0 bridgehead atoms. The molecule has 0 saturated carbocycles. The molecule has 0 aliphatic rings. The van der Waals surface area contributed by atoms with Crippen LogP contribution in [0.1, 0.15) is 10.4 Å². The van der Waals surface area contributed by atoms with E-state index in [1.54, 1.807) is 18.2 Å². The van der Waals surface area contributed by atoms with E-state index < -0.39 is 16.0 Å². The second-order valence-electron chi connectivity index (χ2n) is 4.93. The number of sulfonamides is 1. The van der Waals surface area contributed by atoms with Crippen LogP contribution in [0.2, 0.25) is 5.02 Å². The molecule has 1 heterocycles.